The summed E-state index contributed by atoms with van der Waals surface area (Å²) in [6.07, 6.45) is 0. The molecule has 2 aliphatic rings. The second-order valence-corrected chi connectivity index (χ2v) is 6.46. The largest absolute Gasteiger partial charge is 0.462 e. The Morgan fingerprint density at radius 3 is 2.30 bits per heavy atom. The van der Waals surface area contributed by atoms with Crippen LogP contribution in [0, 0.1) is 11.3 Å². The highest BCUT2D eigenvalue weighted by Crippen LogP contribution is 2.27. The summed E-state index contributed by atoms with van der Waals surface area (Å²) in [6.45, 7) is 5.09. The van der Waals surface area contributed by atoms with E-state index >= 15 is 0 Å². The first-order chi connectivity index (χ1) is 11.1. The van der Waals surface area contributed by atoms with Crippen molar-refractivity contribution in [2.75, 3.05) is 39.6 Å². The van der Waals surface area contributed by atoms with E-state index in [9.17, 15) is 9.59 Å². The predicted molar refractivity (Wildman–Crippen MR) is 80.2 cm³/mol. The van der Waals surface area contributed by atoms with Crippen molar-refractivity contribution >= 4 is 11.9 Å². The van der Waals surface area contributed by atoms with Gasteiger partial charge in [-0.2, -0.15) is 0 Å². The monoisotopic (exact) mass is 320 g/mol. The maximum Gasteiger partial charge on any atom is 0.338 e. The molecule has 0 N–H and O–H groups in total. The van der Waals surface area contributed by atoms with Crippen molar-refractivity contribution in [3.8, 4) is 0 Å². The summed E-state index contributed by atoms with van der Waals surface area (Å²) in [5.41, 5.74) is 0.588. The highest BCUT2D eigenvalue weighted by molar-refractivity contribution is 5.95. The summed E-state index contributed by atoms with van der Waals surface area (Å²) >= 11 is 0. The third-order valence-corrected chi connectivity index (χ3v) is 3.94. The molecule has 0 unspecified atom stereocenters. The number of hydrogen-bond donors (Lipinski definition) is 0. The van der Waals surface area contributed by atoms with Gasteiger partial charge in [0.2, 0.25) is 0 Å². The Labute approximate surface area is 134 Å². The van der Waals surface area contributed by atoms with Crippen molar-refractivity contribution in [2.24, 2.45) is 11.3 Å². The topological polar surface area (TPSA) is 71.1 Å². The third kappa shape index (κ3) is 3.89. The Morgan fingerprint density at radius 1 is 1.13 bits per heavy atom. The van der Waals surface area contributed by atoms with Crippen molar-refractivity contribution in [1.29, 1.82) is 0 Å². The van der Waals surface area contributed by atoms with Gasteiger partial charge in [0, 0.05) is 11.3 Å². The maximum atomic E-state index is 12.1. The van der Waals surface area contributed by atoms with Gasteiger partial charge in [0.05, 0.1) is 44.2 Å². The minimum absolute atomic E-state index is 0.100. The van der Waals surface area contributed by atoms with E-state index in [1.165, 1.54) is 6.07 Å². The summed E-state index contributed by atoms with van der Waals surface area (Å²) in [5.74, 6) is -0.608. The zero-order valence-electron chi connectivity index (χ0n) is 13.1. The van der Waals surface area contributed by atoms with Crippen LogP contribution in [0.3, 0.4) is 0 Å². The Hall–Kier alpha value is -1.92. The van der Waals surface area contributed by atoms with Gasteiger partial charge >= 0.3 is 11.9 Å². The number of esters is 2. The molecule has 3 rings (SSSR count). The van der Waals surface area contributed by atoms with Gasteiger partial charge in [-0.05, 0) is 18.2 Å². The minimum Gasteiger partial charge on any atom is -0.462 e. The van der Waals surface area contributed by atoms with Gasteiger partial charge in [-0.1, -0.05) is 13.0 Å². The zero-order chi connectivity index (χ0) is 16.3. The molecule has 6 heteroatoms. The van der Waals surface area contributed by atoms with Crippen LogP contribution in [0.2, 0.25) is 0 Å². The van der Waals surface area contributed by atoms with E-state index in [4.69, 9.17) is 18.9 Å². The van der Waals surface area contributed by atoms with E-state index in [1.807, 2.05) is 6.92 Å². The van der Waals surface area contributed by atoms with E-state index in [0.29, 0.717) is 50.8 Å². The highest BCUT2D eigenvalue weighted by Gasteiger charge is 2.35. The first kappa shape index (κ1) is 16.0. The first-order valence-corrected chi connectivity index (χ1v) is 7.66. The van der Waals surface area contributed by atoms with Crippen LogP contribution >= 0.6 is 0 Å². The van der Waals surface area contributed by atoms with Crippen LogP contribution in [0.15, 0.2) is 24.3 Å². The number of rotatable bonds is 6. The Kier molecular flexibility index (Phi) is 4.63. The molecule has 1 aromatic rings. The molecule has 0 aromatic heterocycles. The van der Waals surface area contributed by atoms with Crippen molar-refractivity contribution < 1.29 is 28.5 Å². The lowest BCUT2D eigenvalue weighted by molar-refractivity contribution is -0.127. The molecule has 124 valence electrons. The summed E-state index contributed by atoms with van der Waals surface area (Å²) in [7, 11) is 0. The molecule has 2 heterocycles. The number of hydrogen-bond acceptors (Lipinski definition) is 6. The van der Waals surface area contributed by atoms with E-state index in [2.05, 4.69) is 0 Å². The average molecular weight is 320 g/mol. The van der Waals surface area contributed by atoms with Gasteiger partial charge in [0.1, 0.15) is 6.61 Å². The molecule has 0 saturated carbocycles. The second kappa shape index (κ2) is 6.68. The van der Waals surface area contributed by atoms with Crippen molar-refractivity contribution in [3.05, 3.63) is 35.4 Å². The van der Waals surface area contributed by atoms with Gasteiger partial charge in [-0.25, -0.2) is 9.59 Å². The number of carbonyl (C=O) groups is 2. The molecule has 1 aromatic carbocycles. The maximum absolute atomic E-state index is 12.1. The first-order valence-electron chi connectivity index (χ1n) is 7.66. The quantitative estimate of drug-likeness (QED) is 0.743. The minimum atomic E-state index is -0.444. The van der Waals surface area contributed by atoms with Crippen molar-refractivity contribution in [3.63, 3.8) is 0 Å². The lowest BCUT2D eigenvalue weighted by Crippen LogP contribution is -2.44. The van der Waals surface area contributed by atoms with Crippen molar-refractivity contribution in [2.45, 2.75) is 6.92 Å². The highest BCUT2D eigenvalue weighted by atomic mass is 16.6. The van der Waals surface area contributed by atoms with Gasteiger partial charge < -0.3 is 18.9 Å². The smallest absolute Gasteiger partial charge is 0.338 e. The van der Waals surface area contributed by atoms with E-state index < -0.39 is 11.9 Å². The summed E-state index contributed by atoms with van der Waals surface area (Å²) in [5, 5.41) is 0. The molecule has 2 fully saturated rings. The molecule has 2 aliphatic heterocycles. The molecule has 0 bridgehead atoms. The predicted octanol–water partition coefficient (Wildman–Crippen LogP) is 1.68. The fourth-order valence-electron chi connectivity index (χ4n) is 2.29. The molecular formula is C17H20O6. The van der Waals surface area contributed by atoms with Gasteiger partial charge in [-0.15, -0.1) is 0 Å². The fraction of sp³-hybridized carbons (Fsp3) is 0.529. The van der Waals surface area contributed by atoms with E-state index in [1.54, 1.807) is 18.2 Å². The summed E-state index contributed by atoms with van der Waals surface area (Å²) in [4.78, 5) is 24.1. The standard InChI is InChI=1S/C17H20O6/c1-17(9-21-10-17)11-23-16(19)14-4-2-3-13(5-14)15(18)22-8-12-6-20-7-12/h2-5,12H,6-11H2,1H3. The summed E-state index contributed by atoms with van der Waals surface area (Å²) < 4.78 is 20.7. The van der Waals surface area contributed by atoms with Gasteiger partial charge in [-0.3, -0.25) is 0 Å². The molecule has 0 atom stereocenters. The van der Waals surface area contributed by atoms with Crippen LogP contribution in [0.1, 0.15) is 27.6 Å². The second-order valence-electron chi connectivity index (χ2n) is 6.46. The van der Waals surface area contributed by atoms with Gasteiger partial charge in [0.15, 0.2) is 0 Å². The Balaban J connectivity index is 1.54. The molecule has 0 amide bonds. The van der Waals surface area contributed by atoms with Crippen LogP contribution in [-0.2, 0) is 18.9 Å². The molecule has 0 radical (unpaired) electrons. The molecular weight excluding hydrogens is 300 g/mol. The number of carbonyl (C=O) groups excluding carboxylic acids is 2. The lowest BCUT2D eigenvalue weighted by atomic mass is 9.90. The van der Waals surface area contributed by atoms with Crippen molar-refractivity contribution in [1.82, 2.24) is 0 Å². The summed E-state index contributed by atoms with van der Waals surface area (Å²) in [6, 6.07) is 6.39. The average Bonchev–Trinajstić information content (AvgIpc) is 2.49. The molecule has 0 spiro atoms. The Morgan fingerprint density at radius 2 is 1.78 bits per heavy atom. The molecule has 23 heavy (non-hydrogen) atoms. The van der Waals surface area contributed by atoms with Crippen LogP contribution in [0.25, 0.3) is 0 Å². The Bertz CT molecular complexity index is 589. The third-order valence-electron chi connectivity index (χ3n) is 3.94. The van der Waals surface area contributed by atoms with Crippen LogP contribution in [-0.4, -0.2) is 51.6 Å². The van der Waals surface area contributed by atoms with Crippen LogP contribution in [0.4, 0.5) is 0 Å². The molecule has 2 saturated heterocycles. The lowest BCUT2D eigenvalue weighted by Gasteiger charge is -2.37. The normalized spacial score (nSPS) is 19.3. The zero-order valence-corrected chi connectivity index (χ0v) is 13.1. The molecule has 6 nitrogen and oxygen atoms in total. The van der Waals surface area contributed by atoms with Crippen LogP contribution < -0.4 is 0 Å². The number of benzene rings is 1. The SMILES string of the molecule is CC1(COC(=O)c2cccc(C(=O)OCC3COC3)c2)COC1. The molecule has 0 aliphatic carbocycles. The fourth-order valence-corrected chi connectivity index (χ4v) is 2.29. The van der Waals surface area contributed by atoms with Crippen LogP contribution in [0.5, 0.6) is 0 Å². The van der Waals surface area contributed by atoms with Gasteiger partial charge in [0.25, 0.3) is 0 Å². The van der Waals surface area contributed by atoms with E-state index in [0.717, 1.165) is 0 Å². The van der Waals surface area contributed by atoms with E-state index in [-0.39, 0.29) is 11.3 Å². The number of ether oxygens (including phenoxy) is 4.